The molecule has 0 N–H and O–H groups in total. The molecular formula is C15H12FNO3. The van der Waals surface area contributed by atoms with Crippen molar-refractivity contribution < 1.29 is 18.3 Å². The van der Waals surface area contributed by atoms with E-state index >= 15 is 0 Å². The van der Waals surface area contributed by atoms with E-state index in [-0.39, 0.29) is 5.82 Å². The van der Waals surface area contributed by atoms with Gasteiger partial charge in [0.1, 0.15) is 11.3 Å². The van der Waals surface area contributed by atoms with Gasteiger partial charge in [0.15, 0.2) is 17.1 Å². The molecule has 0 aliphatic carbocycles. The Morgan fingerprint density at radius 3 is 2.50 bits per heavy atom. The van der Waals surface area contributed by atoms with Gasteiger partial charge in [-0.05, 0) is 18.2 Å². The summed E-state index contributed by atoms with van der Waals surface area (Å²) in [6, 6.07) is 9.52. The zero-order valence-electron chi connectivity index (χ0n) is 11.0. The number of ether oxygens (including phenoxy) is 2. The first-order valence-electron chi connectivity index (χ1n) is 6.00. The van der Waals surface area contributed by atoms with E-state index in [4.69, 9.17) is 13.9 Å². The number of hydrogen-bond donors (Lipinski definition) is 0. The fourth-order valence-corrected chi connectivity index (χ4v) is 2.00. The molecule has 0 bridgehead atoms. The lowest BCUT2D eigenvalue weighted by Crippen LogP contribution is -1.89. The fourth-order valence-electron chi connectivity index (χ4n) is 2.00. The van der Waals surface area contributed by atoms with Crippen molar-refractivity contribution in [3.05, 3.63) is 42.2 Å². The lowest BCUT2D eigenvalue weighted by Gasteiger charge is -2.05. The minimum atomic E-state index is -0.333. The van der Waals surface area contributed by atoms with Crippen LogP contribution in [0.25, 0.3) is 22.6 Å². The van der Waals surface area contributed by atoms with Crippen LogP contribution in [0, 0.1) is 5.82 Å². The third-order valence-corrected chi connectivity index (χ3v) is 2.97. The lowest BCUT2D eigenvalue weighted by molar-refractivity contribution is 0.355. The third-order valence-electron chi connectivity index (χ3n) is 2.97. The van der Waals surface area contributed by atoms with Gasteiger partial charge in [0.2, 0.25) is 5.89 Å². The van der Waals surface area contributed by atoms with Crippen LogP contribution in [0.5, 0.6) is 11.5 Å². The molecule has 0 aliphatic heterocycles. The maximum Gasteiger partial charge on any atom is 0.227 e. The highest BCUT2D eigenvalue weighted by Crippen LogP contribution is 2.34. The Balaban J connectivity index is 2.15. The van der Waals surface area contributed by atoms with Gasteiger partial charge in [-0.25, -0.2) is 9.37 Å². The Bertz CT molecular complexity index is 726. The zero-order valence-corrected chi connectivity index (χ0v) is 11.0. The molecule has 3 aromatic rings. The Morgan fingerprint density at radius 1 is 1.05 bits per heavy atom. The highest BCUT2D eigenvalue weighted by Gasteiger charge is 2.13. The summed E-state index contributed by atoms with van der Waals surface area (Å²) in [5.41, 5.74) is 1.77. The Hall–Kier alpha value is -2.56. The van der Waals surface area contributed by atoms with Gasteiger partial charge in [0.25, 0.3) is 0 Å². The highest BCUT2D eigenvalue weighted by atomic mass is 19.1. The number of oxazole rings is 1. The van der Waals surface area contributed by atoms with Gasteiger partial charge in [-0.15, -0.1) is 0 Å². The molecule has 2 aromatic carbocycles. The Kier molecular flexibility index (Phi) is 3.02. The average Bonchev–Trinajstić information content (AvgIpc) is 2.88. The van der Waals surface area contributed by atoms with Crippen molar-refractivity contribution in [1.29, 1.82) is 0 Å². The molecule has 0 saturated carbocycles. The predicted molar refractivity (Wildman–Crippen MR) is 72.5 cm³/mol. The smallest absolute Gasteiger partial charge is 0.227 e. The standard InChI is InChI=1S/C15H12FNO3/c1-18-13-7-11-12(8-14(13)19-2)20-15(17-11)9-4-3-5-10(16)6-9/h3-8H,1-2H3. The minimum Gasteiger partial charge on any atom is -0.493 e. The summed E-state index contributed by atoms with van der Waals surface area (Å²) in [4.78, 5) is 4.34. The fraction of sp³-hybridized carbons (Fsp3) is 0.133. The average molecular weight is 273 g/mol. The number of benzene rings is 2. The zero-order chi connectivity index (χ0) is 14.1. The minimum absolute atomic E-state index is 0.333. The van der Waals surface area contributed by atoms with E-state index in [0.717, 1.165) is 0 Å². The maximum atomic E-state index is 13.2. The summed E-state index contributed by atoms with van der Waals surface area (Å²) in [6.07, 6.45) is 0. The molecule has 102 valence electrons. The van der Waals surface area contributed by atoms with E-state index in [1.165, 1.54) is 12.1 Å². The summed E-state index contributed by atoms with van der Waals surface area (Å²) >= 11 is 0. The number of fused-ring (bicyclic) bond motifs is 1. The molecule has 0 fully saturated rings. The maximum absolute atomic E-state index is 13.2. The van der Waals surface area contributed by atoms with Crippen LogP contribution < -0.4 is 9.47 Å². The largest absolute Gasteiger partial charge is 0.493 e. The number of rotatable bonds is 3. The number of halogens is 1. The second-order valence-electron chi connectivity index (χ2n) is 4.20. The molecule has 1 aromatic heterocycles. The van der Waals surface area contributed by atoms with Gasteiger partial charge >= 0.3 is 0 Å². The molecule has 20 heavy (non-hydrogen) atoms. The van der Waals surface area contributed by atoms with Crippen LogP contribution in [-0.4, -0.2) is 19.2 Å². The molecule has 3 rings (SSSR count). The van der Waals surface area contributed by atoms with Crippen molar-refractivity contribution in [1.82, 2.24) is 4.98 Å². The number of nitrogens with zero attached hydrogens (tertiary/aromatic N) is 1. The lowest BCUT2D eigenvalue weighted by atomic mass is 10.2. The van der Waals surface area contributed by atoms with Crippen molar-refractivity contribution in [2.75, 3.05) is 14.2 Å². The number of hydrogen-bond acceptors (Lipinski definition) is 4. The van der Waals surface area contributed by atoms with Crippen LogP contribution in [0.2, 0.25) is 0 Å². The summed E-state index contributed by atoms with van der Waals surface area (Å²) < 4.78 is 29.3. The van der Waals surface area contributed by atoms with E-state index in [0.29, 0.717) is 34.1 Å². The summed E-state index contributed by atoms with van der Waals surface area (Å²) in [7, 11) is 3.10. The second-order valence-corrected chi connectivity index (χ2v) is 4.20. The topological polar surface area (TPSA) is 44.5 Å². The van der Waals surface area contributed by atoms with Gasteiger partial charge < -0.3 is 13.9 Å². The van der Waals surface area contributed by atoms with E-state index in [9.17, 15) is 4.39 Å². The van der Waals surface area contributed by atoms with E-state index < -0.39 is 0 Å². The molecule has 4 nitrogen and oxygen atoms in total. The SMILES string of the molecule is COc1cc2nc(-c3cccc(F)c3)oc2cc1OC. The first kappa shape index (κ1) is 12.5. The van der Waals surface area contributed by atoms with E-state index in [1.54, 1.807) is 38.5 Å². The van der Waals surface area contributed by atoms with Crippen LogP contribution in [0.3, 0.4) is 0 Å². The molecule has 1 heterocycles. The normalized spacial score (nSPS) is 10.8. The molecule has 0 radical (unpaired) electrons. The molecule has 5 heteroatoms. The molecule has 0 unspecified atom stereocenters. The van der Waals surface area contributed by atoms with Crippen molar-refractivity contribution in [2.24, 2.45) is 0 Å². The van der Waals surface area contributed by atoms with Crippen LogP contribution in [0.15, 0.2) is 40.8 Å². The van der Waals surface area contributed by atoms with Crippen molar-refractivity contribution in [3.8, 4) is 23.0 Å². The van der Waals surface area contributed by atoms with Gasteiger partial charge in [-0.2, -0.15) is 0 Å². The molecular weight excluding hydrogens is 261 g/mol. The van der Waals surface area contributed by atoms with E-state index in [2.05, 4.69) is 4.98 Å². The monoisotopic (exact) mass is 273 g/mol. The summed E-state index contributed by atoms with van der Waals surface area (Å²) in [6.45, 7) is 0. The van der Waals surface area contributed by atoms with Gasteiger partial charge in [-0.1, -0.05) is 6.07 Å². The number of aromatic nitrogens is 1. The third kappa shape index (κ3) is 2.07. The molecule has 0 spiro atoms. The predicted octanol–water partition coefficient (Wildman–Crippen LogP) is 3.65. The van der Waals surface area contributed by atoms with Gasteiger partial charge in [0, 0.05) is 17.7 Å². The summed E-state index contributed by atoms with van der Waals surface area (Å²) in [5, 5.41) is 0. The van der Waals surface area contributed by atoms with Crippen molar-refractivity contribution in [3.63, 3.8) is 0 Å². The summed E-state index contributed by atoms with van der Waals surface area (Å²) in [5.74, 6) is 1.15. The van der Waals surface area contributed by atoms with Crippen LogP contribution in [0.4, 0.5) is 4.39 Å². The highest BCUT2D eigenvalue weighted by molar-refractivity contribution is 5.80. The Morgan fingerprint density at radius 2 is 1.80 bits per heavy atom. The van der Waals surface area contributed by atoms with E-state index in [1.807, 2.05) is 0 Å². The van der Waals surface area contributed by atoms with Crippen LogP contribution in [-0.2, 0) is 0 Å². The van der Waals surface area contributed by atoms with Gasteiger partial charge in [0.05, 0.1) is 14.2 Å². The van der Waals surface area contributed by atoms with Crippen LogP contribution in [0.1, 0.15) is 0 Å². The Labute approximate surface area is 114 Å². The van der Waals surface area contributed by atoms with Crippen molar-refractivity contribution >= 4 is 11.1 Å². The molecule has 0 atom stereocenters. The number of methoxy groups -OCH3 is 2. The first-order chi connectivity index (χ1) is 9.71. The van der Waals surface area contributed by atoms with Crippen LogP contribution >= 0.6 is 0 Å². The molecule has 0 amide bonds. The molecule has 0 aliphatic rings. The van der Waals surface area contributed by atoms with Gasteiger partial charge in [-0.3, -0.25) is 0 Å². The molecule has 0 saturated heterocycles. The second kappa shape index (κ2) is 4.85. The first-order valence-corrected chi connectivity index (χ1v) is 6.00. The quantitative estimate of drug-likeness (QED) is 0.730. The van der Waals surface area contributed by atoms with Crippen molar-refractivity contribution in [2.45, 2.75) is 0 Å².